The van der Waals surface area contributed by atoms with Gasteiger partial charge in [0.05, 0.1) is 5.69 Å². The Hall–Kier alpha value is -0.580. The molecule has 2 fully saturated rings. The summed E-state index contributed by atoms with van der Waals surface area (Å²) in [7, 11) is 2.19. The second kappa shape index (κ2) is 5.08. The van der Waals surface area contributed by atoms with E-state index < -0.39 is 0 Å². The standard InChI is InChI=1S/C15H22BrN3/c1-18-6-8-19(9-7-18)14-3-2-12(10-13(14)16)11-15(17)4-5-15/h2-3,10H,4-9,11,17H2,1H3. The van der Waals surface area contributed by atoms with E-state index in [1.807, 2.05) is 0 Å². The van der Waals surface area contributed by atoms with Gasteiger partial charge in [-0.3, -0.25) is 0 Å². The van der Waals surface area contributed by atoms with Crippen molar-refractivity contribution in [1.29, 1.82) is 0 Å². The molecule has 0 bridgehead atoms. The van der Waals surface area contributed by atoms with E-state index in [2.05, 4.69) is 51.0 Å². The molecule has 1 aliphatic heterocycles. The molecule has 3 rings (SSSR count). The highest BCUT2D eigenvalue weighted by atomic mass is 79.9. The van der Waals surface area contributed by atoms with Gasteiger partial charge in [0, 0.05) is 36.2 Å². The summed E-state index contributed by atoms with van der Waals surface area (Å²) in [6, 6.07) is 6.74. The lowest BCUT2D eigenvalue weighted by molar-refractivity contribution is 0.312. The molecular weight excluding hydrogens is 302 g/mol. The van der Waals surface area contributed by atoms with Gasteiger partial charge in [-0.2, -0.15) is 0 Å². The molecule has 1 saturated carbocycles. The molecule has 0 aromatic heterocycles. The number of anilines is 1. The number of nitrogens with zero attached hydrogens (tertiary/aromatic N) is 2. The highest BCUT2D eigenvalue weighted by molar-refractivity contribution is 9.10. The number of piperazine rings is 1. The molecule has 1 saturated heterocycles. The van der Waals surface area contributed by atoms with Crippen LogP contribution in [0.3, 0.4) is 0 Å². The maximum absolute atomic E-state index is 6.19. The molecule has 0 amide bonds. The monoisotopic (exact) mass is 323 g/mol. The topological polar surface area (TPSA) is 32.5 Å². The van der Waals surface area contributed by atoms with Crippen LogP contribution in [0.2, 0.25) is 0 Å². The van der Waals surface area contributed by atoms with E-state index in [1.54, 1.807) is 0 Å². The van der Waals surface area contributed by atoms with Crippen LogP contribution in [0.5, 0.6) is 0 Å². The van der Waals surface area contributed by atoms with Crippen molar-refractivity contribution in [2.24, 2.45) is 5.73 Å². The van der Waals surface area contributed by atoms with E-state index in [0.29, 0.717) is 0 Å². The van der Waals surface area contributed by atoms with Crippen LogP contribution in [0.1, 0.15) is 18.4 Å². The first-order valence-corrected chi connectivity index (χ1v) is 7.86. The SMILES string of the molecule is CN1CCN(c2ccc(CC3(N)CC3)cc2Br)CC1. The fourth-order valence-electron chi connectivity index (χ4n) is 2.71. The van der Waals surface area contributed by atoms with Gasteiger partial charge >= 0.3 is 0 Å². The Balaban J connectivity index is 1.72. The summed E-state index contributed by atoms with van der Waals surface area (Å²) in [5, 5.41) is 0. The Morgan fingerprint density at radius 2 is 1.89 bits per heavy atom. The number of rotatable bonds is 3. The van der Waals surface area contributed by atoms with Gasteiger partial charge in [-0.25, -0.2) is 0 Å². The van der Waals surface area contributed by atoms with Crippen LogP contribution >= 0.6 is 15.9 Å². The van der Waals surface area contributed by atoms with Gasteiger partial charge in [-0.1, -0.05) is 6.07 Å². The zero-order chi connectivity index (χ0) is 13.5. The van der Waals surface area contributed by atoms with Gasteiger partial charge in [0.15, 0.2) is 0 Å². The van der Waals surface area contributed by atoms with Crippen molar-refractivity contribution in [1.82, 2.24) is 4.90 Å². The Morgan fingerprint density at radius 1 is 1.21 bits per heavy atom. The van der Waals surface area contributed by atoms with Crippen molar-refractivity contribution in [3.05, 3.63) is 28.2 Å². The minimum absolute atomic E-state index is 0.0921. The average molecular weight is 324 g/mol. The predicted octanol–water partition coefficient (Wildman–Crippen LogP) is 2.23. The molecular formula is C15H22BrN3. The third-order valence-electron chi connectivity index (χ3n) is 4.30. The Morgan fingerprint density at radius 3 is 2.47 bits per heavy atom. The van der Waals surface area contributed by atoms with Crippen LogP contribution in [-0.4, -0.2) is 43.7 Å². The van der Waals surface area contributed by atoms with Gasteiger partial charge in [0.1, 0.15) is 0 Å². The molecule has 1 aromatic carbocycles. The van der Waals surface area contributed by atoms with Gasteiger partial charge in [-0.15, -0.1) is 0 Å². The molecule has 1 heterocycles. The van der Waals surface area contributed by atoms with E-state index in [1.165, 1.54) is 28.6 Å². The molecule has 19 heavy (non-hydrogen) atoms. The number of hydrogen-bond acceptors (Lipinski definition) is 3. The third-order valence-corrected chi connectivity index (χ3v) is 4.94. The Labute approximate surface area is 123 Å². The zero-order valence-corrected chi connectivity index (χ0v) is 13.1. The van der Waals surface area contributed by atoms with E-state index in [-0.39, 0.29) is 5.54 Å². The van der Waals surface area contributed by atoms with Crippen LogP contribution in [0, 0.1) is 0 Å². The van der Waals surface area contributed by atoms with Gasteiger partial charge < -0.3 is 15.5 Å². The third kappa shape index (κ3) is 3.12. The number of likely N-dealkylation sites (N-methyl/N-ethyl adjacent to an activating group) is 1. The van der Waals surface area contributed by atoms with Crippen molar-refractivity contribution >= 4 is 21.6 Å². The summed E-state index contributed by atoms with van der Waals surface area (Å²) in [6.45, 7) is 4.49. The molecule has 1 aliphatic carbocycles. The zero-order valence-electron chi connectivity index (χ0n) is 11.5. The van der Waals surface area contributed by atoms with Crippen molar-refractivity contribution in [2.45, 2.75) is 24.8 Å². The maximum atomic E-state index is 6.19. The smallest absolute Gasteiger partial charge is 0.0511 e. The molecule has 3 nitrogen and oxygen atoms in total. The first-order valence-electron chi connectivity index (χ1n) is 7.07. The molecule has 0 unspecified atom stereocenters. The highest BCUT2D eigenvalue weighted by Gasteiger charge is 2.38. The fourth-order valence-corrected chi connectivity index (χ4v) is 3.39. The molecule has 4 heteroatoms. The number of hydrogen-bond donors (Lipinski definition) is 1. The van der Waals surface area contributed by atoms with Crippen LogP contribution in [-0.2, 0) is 6.42 Å². The van der Waals surface area contributed by atoms with Crippen molar-refractivity contribution < 1.29 is 0 Å². The van der Waals surface area contributed by atoms with E-state index >= 15 is 0 Å². The predicted molar refractivity (Wildman–Crippen MR) is 83.7 cm³/mol. The molecule has 0 radical (unpaired) electrons. The number of halogens is 1. The molecule has 2 N–H and O–H groups in total. The number of nitrogens with two attached hydrogens (primary N) is 1. The van der Waals surface area contributed by atoms with Crippen LogP contribution in [0.25, 0.3) is 0 Å². The summed E-state index contributed by atoms with van der Waals surface area (Å²) in [4.78, 5) is 4.84. The first kappa shape index (κ1) is 13.4. The summed E-state index contributed by atoms with van der Waals surface area (Å²) in [5.41, 5.74) is 8.96. The molecule has 104 valence electrons. The van der Waals surface area contributed by atoms with Crippen molar-refractivity contribution in [3.8, 4) is 0 Å². The molecule has 2 aliphatic rings. The minimum Gasteiger partial charge on any atom is -0.368 e. The fraction of sp³-hybridized carbons (Fsp3) is 0.600. The second-order valence-electron chi connectivity index (χ2n) is 6.12. The lowest BCUT2D eigenvalue weighted by Crippen LogP contribution is -2.44. The normalized spacial score (nSPS) is 22.6. The Bertz CT molecular complexity index is 462. The highest BCUT2D eigenvalue weighted by Crippen LogP contribution is 2.37. The minimum atomic E-state index is 0.0921. The van der Waals surface area contributed by atoms with Gasteiger partial charge in [0.25, 0.3) is 0 Å². The molecule has 0 spiro atoms. The largest absolute Gasteiger partial charge is 0.368 e. The summed E-state index contributed by atoms with van der Waals surface area (Å²) < 4.78 is 1.21. The van der Waals surface area contributed by atoms with E-state index in [0.717, 1.165) is 32.6 Å². The molecule has 0 atom stereocenters. The summed E-state index contributed by atoms with van der Waals surface area (Å²) in [6.07, 6.45) is 3.35. The van der Waals surface area contributed by atoms with Gasteiger partial charge in [0.2, 0.25) is 0 Å². The second-order valence-corrected chi connectivity index (χ2v) is 6.97. The average Bonchev–Trinajstić information content (AvgIpc) is 3.08. The maximum Gasteiger partial charge on any atom is 0.0511 e. The number of benzene rings is 1. The molecule has 1 aromatic rings. The Kier molecular flexibility index (Phi) is 3.58. The van der Waals surface area contributed by atoms with Crippen LogP contribution < -0.4 is 10.6 Å². The first-order chi connectivity index (χ1) is 9.06. The summed E-state index contributed by atoms with van der Waals surface area (Å²) >= 11 is 3.73. The van der Waals surface area contributed by atoms with Crippen LogP contribution in [0.15, 0.2) is 22.7 Å². The van der Waals surface area contributed by atoms with E-state index in [4.69, 9.17) is 5.73 Å². The lowest BCUT2D eigenvalue weighted by Gasteiger charge is -2.34. The van der Waals surface area contributed by atoms with Crippen LogP contribution in [0.4, 0.5) is 5.69 Å². The lowest BCUT2D eigenvalue weighted by atomic mass is 10.0. The quantitative estimate of drug-likeness (QED) is 0.925. The van der Waals surface area contributed by atoms with Crippen molar-refractivity contribution in [2.75, 3.05) is 38.1 Å². The van der Waals surface area contributed by atoms with Gasteiger partial charge in [-0.05, 0) is 59.9 Å². The summed E-state index contributed by atoms with van der Waals surface area (Å²) in [5.74, 6) is 0. The van der Waals surface area contributed by atoms with E-state index in [9.17, 15) is 0 Å². The van der Waals surface area contributed by atoms with Crippen molar-refractivity contribution in [3.63, 3.8) is 0 Å².